The molecule has 0 unspecified atom stereocenters. The number of anilines is 1. The van der Waals surface area contributed by atoms with Gasteiger partial charge < -0.3 is 10.1 Å². The number of thiazole rings is 1. The van der Waals surface area contributed by atoms with Crippen LogP contribution in [0.1, 0.15) is 21.1 Å². The first-order chi connectivity index (χ1) is 12.4. The molecule has 0 saturated carbocycles. The van der Waals surface area contributed by atoms with E-state index in [-0.39, 0.29) is 24.0 Å². The summed E-state index contributed by atoms with van der Waals surface area (Å²) in [5.74, 6) is -0.275. The maximum Gasteiger partial charge on any atom is 0.416 e. The normalized spacial score (nSPS) is 11.2. The van der Waals surface area contributed by atoms with Crippen molar-refractivity contribution in [1.29, 1.82) is 0 Å². The van der Waals surface area contributed by atoms with Crippen LogP contribution in [0.3, 0.4) is 0 Å². The molecule has 1 N–H and O–H groups in total. The molecule has 0 radical (unpaired) electrons. The summed E-state index contributed by atoms with van der Waals surface area (Å²) in [6.07, 6.45) is -4.43. The minimum absolute atomic E-state index is 0.0232. The topological polar surface area (TPSA) is 51.2 Å². The van der Waals surface area contributed by atoms with Gasteiger partial charge in [-0.25, -0.2) is 4.98 Å². The van der Waals surface area contributed by atoms with Crippen molar-refractivity contribution in [3.05, 3.63) is 76.2 Å². The molecule has 3 rings (SSSR count). The second kappa shape index (κ2) is 7.57. The van der Waals surface area contributed by atoms with E-state index in [4.69, 9.17) is 4.74 Å². The van der Waals surface area contributed by atoms with Gasteiger partial charge in [0.05, 0.1) is 5.56 Å². The van der Waals surface area contributed by atoms with Crippen molar-refractivity contribution in [2.24, 2.45) is 0 Å². The zero-order chi connectivity index (χ0) is 18.6. The Hall–Kier alpha value is -2.87. The fraction of sp³-hybridized carbons (Fsp3) is 0.111. The summed E-state index contributed by atoms with van der Waals surface area (Å²) in [4.78, 5) is 16.3. The number of para-hydroxylation sites is 1. The summed E-state index contributed by atoms with van der Waals surface area (Å²) >= 11 is 1.20. The number of carbonyl (C=O) groups excluding carboxylic acids is 1. The number of rotatable bonds is 5. The molecule has 0 fully saturated rings. The lowest BCUT2D eigenvalue weighted by atomic mass is 10.2. The summed E-state index contributed by atoms with van der Waals surface area (Å²) in [5.41, 5.74) is 0.0887. The van der Waals surface area contributed by atoms with Gasteiger partial charge in [0.25, 0.3) is 5.91 Å². The Morgan fingerprint density at radius 3 is 2.62 bits per heavy atom. The molecule has 0 aliphatic carbocycles. The maximum atomic E-state index is 12.7. The number of alkyl halides is 3. The second-order valence-electron chi connectivity index (χ2n) is 5.26. The standard InChI is InChI=1S/C18H13F3N2O2S/c19-18(20,21)12-5-4-8-14(9-12)25-10-16-23-15(11-26-16)17(24)22-13-6-2-1-3-7-13/h1-9,11H,10H2,(H,22,24). The maximum absolute atomic E-state index is 12.7. The van der Waals surface area contributed by atoms with Gasteiger partial charge in [0.15, 0.2) is 0 Å². The molecule has 134 valence electrons. The Balaban J connectivity index is 1.61. The highest BCUT2D eigenvalue weighted by molar-refractivity contribution is 7.09. The van der Waals surface area contributed by atoms with E-state index in [9.17, 15) is 18.0 Å². The Morgan fingerprint density at radius 1 is 1.12 bits per heavy atom. The van der Waals surface area contributed by atoms with Crippen LogP contribution in [0.2, 0.25) is 0 Å². The van der Waals surface area contributed by atoms with E-state index >= 15 is 0 Å². The van der Waals surface area contributed by atoms with Crippen LogP contribution < -0.4 is 10.1 Å². The molecule has 0 aliphatic heterocycles. The third kappa shape index (κ3) is 4.60. The fourth-order valence-corrected chi connectivity index (χ4v) is 2.79. The van der Waals surface area contributed by atoms with Crippen molar-refractivity contribution in [2.45, 2.75) is 12.8 Å². The quantitative estimate of drug-likeness (QED) is 0.680. The summed E-state index contributed by atoms with van der Waals surface area (Å²) < 4.78 is 43.4. The lowest BCUT2D eigenvalue weighted by Gasteiger charge is -2.09. The van der Waals surface area contributed by atoms with Crippen molar-refractivity contribution in [3.8, 4) is 5.75 Å². The van der Waals surface area contributed by atoms with Crippen LogP contribution in [-0.4, -0.2) is 10.9 Å². The molecule has 0 spiro atoms. The highest BCUT2D eigenvalue weighted by Gasteiger charge is 2.30. The van der Waals surface area contributed by atoms with Crippen LogP contribution in [-0.2, 0) is 12.8 Å². The molecule has 8 heteroatoms. The van der Waals surface area contributed by atoms with Crippen LogP contribution >= 0.6 is 11.3 Å². The van der Waals surface area contributed by atoms with Gasteiger partial charge >= 0.3 is 6.18 Å². The Morgan fingerprint density at radius 2 is 1.88 bits per heavy atom. The van der Waals surface area contributed by atoms with Crippen molar-refractivity contribution in [1.82, 2.24) is 4.98 Å². The number of hydrogen-bond acceptors (Lipinski definition) is 4. The summed E-state index contributed by atoms with van der Waals surface area (Å²) in [6, 6.07) is 13.5. The molecule has 3 aromatic rings. The first kappa shape index (κ1) is 17.9. The third-order valence-electron chi connectivity index (χ3n) is 3.34. The summed E-state index contributed by atoms with van der Waals surface area (Å²) in [7, 11) is 0. The average molecular weight is 378 g/mol. The molecule has 1 heterocycles. The van der Waals surface area contributed by atoms with E-state index in [1.165, 1.54) is 23.5 Å². The van der Waals surface area contributed by atoms with Gasteiger partial charge in [0.2, 0.25) is 0 Å². The lowest BCUT2D eigenvalue weighted by Crippen LogP contribution is -2.12. The van der Waals surface area contributed by atoms with Crippen LogP contribution in [0.15, 0.2) is 60.0 Å². The monoisotopic (exact) mass is 378 g/mol. The zero-order valence-corrected chi connectivity index (χ0v) is 14.1. The molecule has 0 saturated heterocycles. The van der Waals surface area contributed by atoms with Gasteiger partial charge in [-0.15, -0.1) is 11.3 Å². The van der Waals surface area contributed by atoms with Crippen molar-refractivity contribution >= 4 is 22.9 Å². The van der Waals surface area contributed by atoms with Crippen LogP contribution in [0.25, 0.3) is 0 Å². The molecule has 26 heavy (non-hydrogen) atoms. The van der Waals surface area contributed by atoms with E-state index in [0.29, 0.717) is 10.7 Å². The number of ether oxygens (including phenoxy) is 1. The highest BCUT2D eigenvalue weighted by Crippen LogP contribution is 2.31. The first-order valence-corrected chi connectivity index (χ1v) is 8.40. The third-order valence-corrected chi connectivity index (χ3v) is 4.16. The zero-order valence-electron chi connectivity index (χ0n) is 13.3. The molecule has 0 aliphatic rings. The van der Waals surface area contributed by atoms with E-state index in [2.05, 4.69) is 10.3 Å². The molecule has 1 amide bonds. The molecular weight excluding hydrogens is 365 g/mol. The number of benzene rings is 2. The van der Waals surface area contributed by atoms with E-state index in [1.54, 1.807) is 29.6 Å². The Kier molecular flexibility index (Phi) is 5.22. The molecule has 0 bridgehead atoms. The number of nitrogens with zero attached hydrogens (tertiary/aromatic N) is 1. The predicted molar refractivity (Wildman–Crippen MR) is 92.3 cm³/mol. The Labute approximate surface area is 151 Å². The second-order valence-corrected chi connectivity index (χ2v) is 6.20. The number of amides is 1. The van der Waals surface area contributed by atoms with Gasteiger partial charge in [-0.05, 0) is 30.3 Å². The summed E-state index contributed by atoms with van der Waals surface area (Å²) in [5, 5.41) is 4.77. The van der Waals surface area contributed by atoms with Gasteiger partial charge in [-0.1, -0.05) is 24.3 Å². The van der Waals surface area contributed by atoms with E-state index in [0.717, 1.165) is 12.1 Å². The number of halogens is 3. The van der Waals surface area contributed by atoms with Gasteiger partial charge in [0.1, 0.15) is 23.1 Å². The van der Waals surface area contributed by atoms with Crippen LogP contribution in [0.4, 0.5) is 18.9 Å². The molecular formula is C18H13F3N2O2S. The van der Waals surface area contributed by atoms with Crippen LogP contribution in [0, 0.1) is 0 Å². The smallest absolute Gasteiger partial charge is 0.416 e. The fourth-order valence-electron chi connectivity index (χ4n) is 2.11. The Bertz CT molecular complexity index is 895. The van der Waals surface area contributed by atoms with Gasteiger partial charge in [0, 0.05) is 11.1 Å². The number of hydrogen-bond donors (Lipinski definition) is 1. The van der Waals surface area contributed by atoms with E-state index < -0.39 is 11.7 Å². The van der Waals surface area contributed by atoms with Crippen molar-refractivity contribution in [2.75, 3.05) is 5.32 Å². The minimum atomic E-state index is -4.43. The average Bonchev–Trinajstić information content (AvgIpc) is 3.10. The first-order valence-electron chi connectivity index (χ1n) is 7.53. The molecule has 1 aromatic heterocycles. The minimum Gasteiger partial charge on any atom is -0.486 e. The van der Waals surface area contributed by atoms with Crippen molar-refractivity contribution < 1.29 is 22.7 Å². The SMILES string of the molecule is O=C(Nc1ccccc1)c1csc(COc2cccc(C(F)(F)F)c2)n1. The molecule has 2 aromatic carbocycles. The molecule has 4 nitrogen and oxygen atoms in total. The predicted octanol–water partition coefficient (Wildman–Crippen LogP) is 4.99. The largest absolute Gasteiger partial charge is 0.486 e. The molecule has 0 atom stereocenters. The number of carbonyl (C=O) groups is 1. The van der Waals surface area contributed by atoms with Crippen LogP contribution in [0.5, 0.6) is 5.75 Å². The number of aromatic nitrogens is 1. The van der Waals surface area contributed by atoms with E-state index in [1.807, 2.05) is 6.07 Å². The van der Waals surface area contributed by atoms with Gasteiger partial charge in [-0.2, -0.15) is 13.2 Å². The summed E-state index contributed by atoms with van der Waals surface area (Å²) in [6.45, 7) is -0.0232. The lowest BCUT2D eigenvalue weighted by molar-refractivity contribution is -0.137. The highest BCUT2D eigenvalue weighted by atomic mass is 32.1. The van der Waals surface area contributed by atoms with Crippen molar-refractivity contribution in [3.63, 3.8) is 0 Å². The number of nitrogens with one attached hydrogen (secondary N) is 1. The van der Waals surface area contributed by atoms with Gasteiger partial charge in [-0.3, -0.25) is 4.79 Å².